The van der Waals surface area contributed by atoms with Gasteiger partial charge in [0.1, 0.15) is 11.9 Å². The molecule has 0 spiro atoms. The molecule has 6 heteroatoms. The molecule has 1 heterocycles. The van der Waals surface area contributed by atoms with Gasteiger partial charge < -0.3 is 10.3 Å². The first-order valence-electron chi connectivity index (χ1n) is 6.82. The minimum Gasteiger partial charge on any atom is -0.381 e. The molecule has 0 aliphatic carbocycles. The SMILES string of the molecule is N#Cc1ccc(NCc2cc3cc(Cl)ccc3[nH]c2=O)cc1F. The number of halogens is 2. The summed E-state index contributed by atoms with van der Waals surface area (Å²) >= 11 is 5.95. The lowest BCUT2D eigenvalue weighted by molar-refractivity contribution is 0.624. The van der Waals surface area contributed by atoms with Crippen molar-refractivity contribution in [1.29, 1.82) is 5.26 Å². The molecule has 23 heavy (non-hydrogen) atoms. The molecular formula is C17H11ClFN3O. The maximum atomic E-state index is 13.6. The van der Waals surface area contributed by atoms with Crippen LogP contribution in [0.4, 0.5) is 10.1 Å². The van der Waals surface area contributed by atoms with Crippen LogP contribution in [0.1, 0.15) is 11.1 Å². The van der Waals surface area contributed by atoms with E-state index in [1.807, 2.05) is 0 Å². The highest BCUT2D eigenvalue weighted by molar-refractivity contribution is 6.31. The molecule has 0 bridgehead atoms. The third kappa shape index (κ3) is 3.17. The third-order valence-corrected chi connectivity index (χ3v) is 3.69. The van der Waals surface area contributed by atoms with Crippen LogP contribution >= 0.6 is 11.6 Å². The molecule has 0 unspecified atom stereocenters. The second kappa shape index (κ2) is 6.11. The van der Waals surface area contributed by atoms with Gasteiger partial charge >= 0.3 is 0 Å². The normalized spacial score (nSPS) is 10.5. The predicted molar refractivity (Wildman–Crippen MR) is 88.0 cm³/mol. The molecule has 0 amide bonds. The first-order valence-corrected chi connectivity index (χ1v) is 7.19. The average Bonchev–Trinajstić information content (AvgIpc) is 2.53. The van der Waals surface area contributed by atoms with E-state index in [0.29, 0.717) is 21.8 Å². The van der Waals surface area contributed by atoms with Crippen LogP contribution in [0, 0.1) is 17.1 Å². The predicted octanol–water partition coefficient (Wildman–Crippen LogP) is 3.80. The van der Waals surface area contributed by atoms with Crippen molar-refractivity contribution >= 4 is 28.2 Å². The Hall–Kier alpha value is -2.84. The van der Waals surface area contributed by atoms with Crippen molar-refractivity contribution in [3.63, 3.8) is 0 Å². The van der Waals surface area contributed by atoms with Crippen molar-refractivity contribution in [2.45, 2.75) is 6.54 Å². The van der Waals surface area contributed by atoms with Gasteiger partial charge in [-0.3, -0.25) is 4.79 Å². The lowest BCUT2D eigenvalue weighted by Gasteiger charge is -2.08. The van der Waals surface area contributed by atoms with Crippen LogP contribution in [0.2, 0.25) is 5.02 Å². The molecule has 2 aromatic carbocycles. The summed E-state index contributed by atoms with van der Waals surface area (Å²) in [7, 11) is 0. The number of pyridine rings is 1. The summed E-state index contributed by atoms with van der Waals surface area (Å²) in [5.41, 5.74) is 1.46. The number of nitrogens with one attached hydrogen (secondary N) is 2. The molecule has 1 aromatic heterocycles. The fourth-order valence-electron chi connectivity index (χ4n) is 2.27. The monoisotopic (exact) mass is 327 g/mol. The van der Waals surface area contributed by atoms with Gasteiger partial charge in [0.25, 0.3) is 5.56 Å². The zero-order valence-corrected chi connectivity index (χ0v) is 12.6. The van der Waals surface area contributed by atoms with Gasteiger partial charge in [-0.25, -0.2) is 4.39 Å². The summed E-state index contributed by atoms with van der Waals surface area (Å²) in [6, 6.07) is 12.9. The number of anilines is 1. The number of fused-ring (bicyclic) bond motifs is 1. The van der Waals surface area contributed by atoms with Gasteiger partial charge in [0.05, 0.1) is 5.56 Å². The maximum Gasteiger partial charge on any atom is 0.253 e. The number of rotatable bonds is 3. The molecular weight excluding hydrogens is 317 g/mol. The summed E-state index contributed by atoms with van der Waals surface area (Å²) in [5.74, 6) is -0.600. The Morgan fingerprint density at radius 2 is 2.04 bits per heavy atom. The number of H-pyrrole nitrogens is 1. The fraction of sp³-hybridized carbons (Fsp3) is 0.0588. The summed E-state index contributed by atoms with van der Waals surface area (Å²) in [4.78, 5) is 14.8. The maximum absolute atomic E-state index is 13.6. The Kier molecular flexibility index (Phi) is 4.00. The molecule has 0 fully saturated rings. The van der Waals surface area contributed by atoms with E-state index in [0.717, 1.165) is 5.39 Å². The Labute approximate surface area is 136 Å². The van der Waals surface area contributed by atoms with E-state index in [1.54, 1.807) is 36.4 Å². The summed E-state index contributed by atoms with van der Waals surface area (Å²) < 4.78 is 13.6. The van der Waals surface area contributed by atoms with Crippen LogP contribution in [-0.2, 0) is 6.54 Å². The summed E-state index contributed by atoms with van der Waals surface area (Å²) in [6.45, 7) is 0.225. The second-order valence-electron chi connectivity index (χ2n) is 5.02. The van der Waals surface area contributed by atoms with Crippen LogP contribution in [0.5, 0.6) is 0 Å². The molecule has 4 nitrogen and oxygen atoms in total. The zero-order valence-electron chi connectivity index (χ0n) is 11.9. The Morgan fingerprint density at radius 3 is 2.78 bits per heavy atom. The Morgan fingerprint density at radius 1 is 1.22 bits per heavy atom. The summed E-state index contributed by atoms with van der Waals surface area (Å²) in [6.07, 6.45) is 0. The number of hydrogen-bond donors (Lipinski definition) is 2. The molecule has 0 saturated carbocycles. The minimum absolute atomic E-state index is 0.0197. The number of aromatic amines is 1. The van der Waals surface area contributed by atoms with Crippen LogP contribution in [0.3, 0.4) is 0 Å². The fourth-order valence-corrected chi connectivity index (χ4v) is 2.45. The minimum atomic E-state index is -0.600. The Balaban J connectivity index is 1.87. The van der Waals surface area contributed by atoms with E-state index >= 15 is 0 Å². The number of hydrogen-bond acceptors (Lipinski definition) is 3. The topological polar surface area (TPSA) is 68.7 Å². The van der Waals surface area contributed by atoms with Crippen molar-refractivity contribution < 1.29 is 4.39 Å². The van der Waals surface area contributed by atoms with E-state index in [1.165, 1.54) is 12.1 Å². The first-order chi connectivity index (χ1) is 11.1. The van der Waals surface area contributed by atoms with Crippen LogP contribution < -0.4 is 10.9 Å². The number of benzene rings is 2. The highest BCUT2D eigenvalue weighted by Crippen LogP contribution is 2.18. The van der Waals surface area contributed by atoms with Gasteiger partial charge in [-0.15, -0.1) is 0 Å². The van der Waals surface area contributed by atoms with Gasteiger partial charge in [-0.05, 0) is 42.5 Å². The van der Waals surface area contributed by atoms with Gasteiger partial charge in [0.15, 0.2) is 0 Å². The smallest absolute Gasteiger partial charge is 0.253 e. The lowest BCUT2D eigenvalue weighted by Crippen LogP contribution is -2.15. The molecule has 0 saturated heterocycles. The number of nitrogens with zero attached hydrogens (tertiary/aromatic N) is 1. The van der Waals surface area contributed by atoms with Gasteiger partial charge in [-0.1, -0.05) is 11.6 Å². The zero-order chi connectivity index (χ0) is 16.4. The number of aromatic nitrogens is 1. The quantitative estimate of drug-likeness (QED) is 0.768. The van der Waals surface area contributed by atoms with E-state index in [9.17, 15) is 9.18 Å². The summed E-state index contributed by atoms with van der Waals surface area (Å²) in [5, 5.41) is 13.1. The van der Waals surface area contributed by atoms with Crippen molar-refractivity contribution in [2.75, 3.05) is 5.32 Å². The third-order valence-electron chi connectivity index (χ3n) is 3.46. The first kappa shape index (κ1) is 15.1. The van der Waals surface area contributed by atoms with E-state index in [-0.39, 0.29) is 17.7 Å². The van der Waals surface area contributed by atoms with Crippen molar-refractivity contribution in [1.82, 2.24) is 4.98 Å². The van der Waals surface area contributed by atoms with Crippen molar-refractivity contribution in [3.8, 4) is 6.07 Å². The largest absolute Gasteiger partial charge is 0.381 e. The van der Waals surface area contributed by atoms with Crippen molar-refractivity contribution in [2.24, 2.45) is 0 Å². The molecule has 114 valence electrons. The van der Waals surface area contributed by atoms with Crippen LogP contribution in [0.15, 0.2) is 47.3 Å². The molecule has 0 aliphatic heterocycles. The molecule has 0 radical (unpaired) electrons. The highest BCUT2D eigenvalue weighted by Gasteiger charge is 2.06. The van der Waals surface area contributed by atoms with E-state index < -0.39 is 5.82 Å². The lowest BCUT2D eigenvalue weighted by atomic mass is 10.1. The molecule has 3 aromatic rings. The molecule has 3 rings (SSSR count). The van der Waals surface area contributed by atoms with Gasteiger partial charge in [0.2, 0.25) is 0 Å². The van der Waals surface area contributed by atoms with Crippen LogP contribution in [-0.4, -0.2) is 4.98 Å². The molecule has 2 N–H and O–H groups in total. The van der Waals surface area contributed by atoms with Crippen molar-refractivity contribution in [3.05, 3.63) is 74.8 Å². The standard InChI is InChI=1S/C17H11ClFN3O/c18-13-2-4-16-11(6-13)5-12(17(23)22-16)9-21-14-3-1-10(8-20)15(19)7-14/h1-7,21H,9H2,(H,22,23). The second-order valence-corrected chi connectivity index (χ2v) is 5.45. The average molecular weight is 328 g/mol. The highest BCUT2D eigenvalue weighted by atomic mass is 35.5. The van der Waals surface area contributed by atoms with Gasteiger partial charge in [-0.2, -0.15) is 5.26 Å². The molecule has 0 aliphatic rings. The Bertz CT molecular complexity index is 991. The van der Waals surface area contributed by atoms with Gasteiger partial charge in [0, 0.05) is 33.7 Å². The van der Waals surface area contributed by atoms with E-state index in [2.05, 4.69) is 10.3 Å². The number of nitriles is 1. The molecule has 0 atom stereocenters. The van der Waals surface area contributed by atoms with Crippen LogP contribution in [0.25, 0.3) is 10.9 Å². The van der Waals surface area contributed by atoms with E-state index in [4.69, 9.17) is 16.9 Å².